The number of aromatic nitrogens is 4. The van der Waals surface area contributed by atoms with Crippen molar-refractivity contribution >= 4 is 23.0 Å². The van der Waals surface area contributed by atoms with Gasteiger partial charge >= 0.3 is 0 Å². The molecule has 12 heteroatoms. The molecule has 0 aliphatic carbocycles. The van der Waals surface area contributed by atoms with Crippen molar-refractivity contribution in [1.82, 2.24) is 19.5 Å². The molecule has 0 unspecified atom stereocenters. The Hall–Kier alpha value is -2.38. The Morgan fingerprint density at radius 3 is 2.90 bits per heavy atom. The quantitative estimate of drug-likeness (QED) is 0.325. The van der Waals surface area contributed by atoms with Gasteiger partial charge in [-0.3, -0.25) is 19.9 Å². The van der Waals surface area contributed by atoms with Gasteiger partial charge in [0.05, 0.1) is 25.6 Å². The van der Waals surface area contributed by atoms with Crippen LogP contribution in [0, 0.1) is 5.92 Å². The monoisotopic (exact) mass is 425 g/mol. The van der Waals surface area contributed by atoms with Gasteiger partial charge in [-0.1, -0.05) is 13.8 Å². The van der Waals surface area contributed by atoms with Crippen LogP contribution in [0.15, 0.2) is 11.1 Å². The van der Waals surface area contributed by atoms with Crippen molar-refractivity contribution in [3.63, 3.8) is 0 Å². The topological polar surface area (TPSA) is 172 Å². The molecule has 166 valence electrons. The van der Waals surface area contributed by atoms with Crippen molar-refractivity contribution in [2.45, 2.75) is 44.6 Å². The third kappa shape index (κ3) is 4.52. The molecule has 1 fully saturated rings. The van der Waals surface area contributed by atoms with Crippen LogP contribution in [0.1, 0.15) is 26.3 Å². The zero-order valence-electron chi connectivity index (χ0n) is 16.8. The number of ether oxygens (including phenoxy) is 2. The number of imidazole rings is 1. The van der Waals surface area contributed by atoms with Crippen LogP contribution in [0.3, 0.4) is 0 Å². The summed E-state index contributed by atoms with van der Waals surface area (Å²) in [6.07, 6.45) is -1.01. The molecule has 12 nitrogen and oxygen atoms in total. The van der Waals surface area contributed by atoms with Gasteiger partial charge < -0.3 is 29.4 Å². The van der Waals surface area contributed by atoms with Gasteiger partial charge in [-0.05, 0) is 6.42 Å². The summed E-state index contributed by atoms with van der Waals surface area (Å²) in [5.74, 6) is -0.635. The Labute approximate surface area is 171 Å². The molecule has 1 saturated heterocycles. The highest BCUT2D eigenvalue weighted by Gasteiger charge is 2.41. The van der Waals surface area contributed by atoms with Crippen LogP contribution in [0.5, 0.6) is 0 Å². The number of amides is 1. The maximum atomic E-state index is 12.4. The number of hydrogen-bond acceptors (Lipinski definition) is 9. The van der Waals surface area contributed by atoms with Crippen molar-refractivity contribution in [3.8, 4) is 0 Å². The molecule has 2 aromatic heterocycles. The van der Waals surface area contributed by atoms with Gasteiger partial charge in [0.15, 0.2) is 11.2 Å². The van der Waals surface area contributed by atoms with Crippen molar-refractivity contribution in [2.24, 2.45) is 5.92 Å². The Morgan fingerprint density at radius 1 is 1.47 bits per heavy atom. The predicted octanol–water partition coefficient (Wildman–Crippen LogP) is -1.23. The average Bonchev–Trinajstić information content (AvgIpc) is 3.13. The lowest BCUT2D eigenvalue weighted by atomic mass is 9.98. The first kappa shape index (κ1) is 22.3. The number of rotatable bonds is 8. The fourth-order valence-corrected chi connectivity index (χ4v) is 3.24. The first-order valence-electron chi connectivity index (χ1n) is 9.78. The summed E-state index contributed by atoms with van der Waals surface area (Å²) in [6, 6.07) is -0.602. The van der Waals surface area contributed by atoms with Crippen molar-refractivity contribution in [3.05, 3.63) is 16.7 Å². The van der Waals surface area contributed by atoms with Gasteiger partial charge in [-0.15, -0.1) is 0 Å². The number of nitrogens with zero attached hydrogens (tertiary/aromatic N) is 3. The van der Waals surface area contributed by atoms with Crippen molar-refractivity contribution in [1.29, 1.82) is 0 Å². The van der Waals surface area contributed by atoms with Crippen LogP contribution >= 0.6 is 0 Å². The van der Waals surface area contributed by atoms with Crippen LogP contribution < -0.4 is 10.9 Å². The number of anilines is 1. The molecule has 1 amide bonds. The van der Waals surface area contributed by atoms with Gasteiger partial charge in [-0.25, -0.2) is 4.98 Å². The molecule has 0 aromatic carbocycles. The minimum Gasteiger partial charge on any atom is -0.396 e. The molecule has 1 aliphatic heterocycles. The molecule has 0 saturated carbocycles. The maximum absolute atomic E-state index is 12.4. The fraction of sp³-hybridized carbons (Fsp3) is 0.667. The third-order valence-electron chi connectivity index (χ3n) is 4.93. The zero-order valence-corrected chi connectivity index (χ0v) is 16.8. The Balaban J connectivity index is 1.97. The second-order valence-electron chi connectivity index (χ2n) is 7.41. The first-order valence-corrected chi connectivity index (χ1v) is 9.78. The number of carbonyl (C=O) groups excluding carboxylic acids is 1. The summed E-state index contributed by atoms with van der Waals surface area (Å²) < 4.78 is 12.9. The molecule has 3 rings (SSSR count). The van der Waals surface area contributed by atoms with E-state index in [9.17, 15) is 19.8 Å². The number of hydrogen-bond donors (Lipinski definition) is 5. The summed E-state index contributed by atoms with van der Waals surface area (Å²) in [4.78, 5) is 35.3. The van der Waals surface area contributed by atoms with Gasteiger partial charge in [0.1, 0.15) is 18.3 Å². The van der Waals surface area contributed by atoms with E-state index in [1.54, 1.807) is 18.4 Å². The van der Waals surface area contributed by atoms with Gasteiger partial charge in [-0.2, -0.15) is 4.98 Å². The molecular weight excluding hydrogens is 398 g/mol. The number of H-pyrrole nitrogens is 1. The summed E-state index contributed by atoms with van der Waals surface area (Å²) in [5.41, 5.74) is -0.275. The molecule has 30 heavy (non-hydrogen) atoms. The lowest BCUT2D eigenvalue weighted by molar-refractivity contribution is -0.186. The highest BCUT2D eigenvalue weighted by Crippen LogP contribution is 2.29. The number of aliphatic hydroxyl groups is 3. The van der Waals surface area contributed by atoms with E-state index in [0.717, 1.165) is 0 Å². The van der Waals surface area contributed by atoms with Crippen LogP contribution in [0.4, 0.5) is 5.95 Å². The molecule has 5 N–H and O–H groups in total. The molecule has 3 heterocycles. The summed E-state index contributed by atoms with van der Waals surface area (Å²) in [5, 5.41) is 31.6. The number of aliphatic hydroxyl groups excluding tert-OH is 3. The minimum absolute atomic E-state index is 0.0174. The highest BCUT2D eigenvalue weighted by atomic mass is 16.5. The third-order valence-corrected chi connectivity index (χ3v) is 4.93. The number of nitrogens with one attached hydrogen (secondary N) is 2. The summed E-state index contributed by atoms with van der Waals surface area (Å²) in [6.45, 7) is 3.22. The minimum atomic E-state index is -1.15. The number of aromatic amines is 1. The second kappa shape index (κ2) is 9.62. The summed E-state index contributed by atoms with van der Waals surface area (Å²) in [7, 11) is 0. The van der Waals surface area contributed by atoms with Gasteiger partial charge in [0.2, 0.25) is 11.9 Å². The van der Waals surface area contributed by atoms with Crippen LogP contribution in [0.25, 0.3) is 11.2 Å². The van der Waals surface area contributed by atoms with E-state index in [-0.39, 0.29) is 55.4 Å². The number of carbonyl (C=O) groups is 1. The molecular formula is C18H27N5O7. The van der Waals surface area contributed by atoms with Gasteiger partial charge in [0, 0.05) is 19.1 Å². The van der Waals surface area contributed by atoms with E-state index in [2.05, 4.69) is 20.3 Å². The maximum Gasteiger partial charge on any atom is 0.280 e. The highest BCUT2D eigenvalue weighted by molar-refractivity contribution is 5.91. The Morgan fingerprint density at radius 2 is 2.23 bits per heavy atom. The molecule has 2 aromatic rings. The van der Waals surface area contributed by atoms with Crippen molar-refractivity contribution < 1.29 is 29.6 Å². The van der Waals surface area contributed by atoms with Crippen LogP contribution in [0.2, 0.25) is 0 Å². The fourth-order valence-electron chi connectivity index (χ4n) is 3.24. The zero-order chi connectivity index (χ0) is 21.8. The van der Waals surface area contributed by atoms with Crippen LogP contribution in [-0.4, -0.2) is 85.5 Å². The lowest BCUT2D eigenvalue weighted by Crippen LogP contribution is -2.53. The standard InChI is InChI=1S/C18H27N5O7/c1-9(2)16(27)21-18-20-15-12(17(28)22-18)19-8-23(15)10-7-30-11(6-25)13(26)14(10)29-5-3-4-24/h8-11,13-14,24-26H,3-7H2,1-2H3,(H2,20,21,22,27,28)/t10-,11-,13-,14+/m1/s1. The molecule has 0 spiro atoms. The van der Waals surface area contributed by atoms with Crippen LogP contribution in [-0.2, 0) is 14.3 Å². The molecule has 0 bridgehead atoms. The lowest BCUT2D eigenvalue weighted by Gasteiger charge is -2.40. The molecule has 0 radical (unpaired) electrons. The SMILES string of the molecule is CC(C)C(=O)Nc1nc2c(ncn2[C@@H]2CO[C@H](CO)[C@@H](O)[C@H]2OCCCO)c(=O)[nH]1. The van der Waals surface area contributed by atoms with Crippen molar-refractivity contribution in [2.75, 3.05) is 31.7 Å². The molecule has 4 atom stereocenters. The van der Waals surface area contributed by atoms with E-state index >= 15 is 0 Å². The van der Waals surface area contributed by atoms with E-state index in [4.69, 9.17) is 14.6 Å². The predicted molar refractivity (Wildman–Crippen MR) is 105 cm³/mol. The van der Waals surface area contributed by atoms with E-state index in [0.29, 0.717) is 6.42 Å². The van der Waals surface area contributed by atoms with E-state index < -0.39 is 29.9 Å². The first-order chi connectivity index (χ1) is 14.4. The number of fused-ring (bicyclic) bond motifs is 1. The summed E-state index contributed by atoms with van der Waals surface area (Å²) >= 11 is 0. The largest absolute Gasteiger partial charge is 0.396 e. The van der Waals surface area contributed by atoms with E-state index in [1.165, 1.54) is 6.33 Å². The van der Waals surface area contributed by atoms with E-state index in [1.807, 2.05) is 0 Å². The Bertz CT molecular complexity index is 927. The second-order valence-corrected chi connectivity index (χ2v) is 7.41. The average molecular weight is 425 g/mol. The smallest absolute Gasteiger partial charge is 0.280 e. The Kier molecular flexibility index (Phi) is 7.15. The molecule has 1 aliphatic rings. The van der Waals surface area contributed by atoms with Gasteiger partial charge in [0.25, 0.3) is 5.56 Å². The normalized spacial score (nSPS) is 24.5.